The van der Waals surface area contributed by atoms with E-state index < -0.39 is 0 Å². The van der Waals surface area contributed by atoms with Crippen molar-refractivity contribution in [2.45, 2.75) is 12.1 Å². The van der Waals surface area contributed by atoms with Gasteiger partial charge in [0.05, 0.1) is 16.8 Å². The number of carbonyl (C=O) groups excluding carboxylic acids is 2. The van der Waals surface area contributed by atoms with Crippen LogP contribution in [0.5, 0.6) is 0 Å². The van der Waals surface area contributed by atoms with E-state index in [0.29, 0.717) is 21.6 Å². The molecule has 0 spiro atoms. The van der Waals surface area contributed by atoms with Crippen LogP contribution in [-0.2, 0) is 9.59 Å². The van der Waals surface area contributed by atoms with Crippen LogP contribution in [0.2, 0.25) is 5.02 Å². The third kappa shape index (κ3) is 4.74. The van der Waals surface area contributed by atoms with E-state index in [-0.39, 0.29) is 17.6 Å². The van der Waals surface area contributed by atoms with Crippen molar-refractivity contribution in [2.24, 2.45) is 0 Å². The van der Waals surface area contributed by atoms with E-state index in [0.717, 1.165) is 11.0 Å². The third-order valence-corrected chi connectivity index (χ3v) is 4.34. The van der Waals surface area contributed by atoms with Crippen LogP contribution in [0.4, 0.5) is 11.4 Å². The molecule has 0 bridgehead atoms. The van der Waals surface area contributed by atoms with E-state index in [2.05, 4.69) is 20.6 Å². The fraction of sp³-hybridized carbons (Fsp3) is 0.118. The maximum atomic E-state index is 12.1. The van der Waals surface area contributed by atoms with Gasteiger partial charge < -0.3 is 15.6 Å². The van der Waals surface area contributed by atoms with E-state index >= 15 is 0 Å². The van der Waals surface area contributed by atoms with Crippen molar-refractivity contribution < 1.29 is 9.59 Å². The number of rotatable bonds is 5. The Bertz CT molecular complexity index is 941. The summed E-state index contributed by atoms with van der Waals surface area (Å²) in [5.74, 6) is -0.120. The van der Waals surface area contributed by atoms with Gasteiger partial charge in [0.1, 0.15) is 0 Å². The Labute approximate surface area is 153 Å². The molecule has 1 aromatic heterocycles. The van der Waals surface area contributed by atoms with Gasteiger partial charge in [0.15, 0.2) is 5.16 Å². The lowest BCUT2D eigenvalue weighted by Gasteiger charge is -2.07. The van der Waals surface area contributed by atoms with Crippen molar-refractivity contribution in [2.75, 3.05) is 16.4 Å². The number of amides is 2. The monoisotopic (exact) mass is 374 g/mol. The van der Waals surface area contributed by atoms with Crippen LogP contribution >= 0.6 is 23.4 Å². The predicted octanol–water partition coefficient (Wildman–Crippen LogP) is 3.91. The Morgan fingerprint density at radius 2 is 1.92 bits per heavy atom. The van der Waals surface area contributed by atoms with E-state index in [9.17, 15) is 9.59 Å². The Morgan fingerprint density at radius 3 is 2.68 bits per heavy atom. The summed E-state index contributed by atoms with van der Waals surface area (Å²) in [5, 5.41) is 6.75. The zero-order valence-electron chi connectivity index (χ0n) is 13.3. The van der Waals surface area contributed by atoms with Crippen LogP contribution in [0.1, 0.15) is 6.92 Å². The molecule has 3 aromatic rings. The molecule has 0 unspecified atom stereocenters. The second kappa shape index (κ2) is 7.58. The molecule has 128 valence electrons. The fourth-order valence-corrected chi connectivity index (χ4v) is 3.09. The lowest BCUT2D eigenvalue weighted by molar-refractivity contribution is -0.114. The molecule has 3 N–H and O–H groups in total. The normalized spacial score (nSPS) is 10.6. The molecule has 25 heavy (non-hydrogen) atoms. The molecule has 8 heteroatoms. The Kier molecular flexibility index (Phi) is 5.25. The molecular weight excluding hydrogens is 360 g/mol. The van der Waals surface area contributed by atoms with Gasteiger partial charge in [0, 0.05) is 23.3 Å². The summed E-state index contributed by atoms with van der Waals surface area (Å²) in [6, 6.07) is 12.4. The van der Waals surface area contributed by atoms with E-state index in [4.69, 9.17) is 11.6 Å². The van der Waals surface area contributed by atoms with Crippen molar-refractivity contribution in [3.8, 4) is 0 Å². The van der Waals surface area contributed by atoms with Crippen molar-refractivity contribution in [1.29, 1.82) is 0 Å². The SMILES string of the molecule is CC(=O)Nc1cccc(NC(=O)CSc2nc3ccc(Cl)cc3[nH]2)c1. The topological polar surface area (TPSA) is 86.9 Å². The second-order valence-electron chi connectivity index (χ2n) is 5.30. The first-order valence-corrected chi connectivity index (χ1v) is 8.81. The smallest absolute Gasteiger partial charge is 0.234 e. The summed E-state index contributed by atoms with van der Waals surface area (Å²) in [5.41, 5.74) is 2.88. The van der Waals surface area contributed by atoms with E-state index in [1.807, 2.05) is 6.07 Å². The molecule has 0 saturated heterocycles. The van der Waals surface area contributed by atoms with Gasteiger partial charge in [-0.15, -0.1) is 0 Å². The van der Waals surface area contributed by atoms with Gasteiger partial charge in [-0.1, -0.05) is 29.4 Å². The Balaban J connectivity index is 1.59. The summed E-state index contributed by atoms with van der Waals surface area (Å²) in [6.45, 7) is 1.43. The maximum Gasteiger partial charge on any atom is 0.234 e. The highest BCUT2D eigenvalue weighted by Gasteiger charge is 2.08. The number of hydrogen-bond acceptors (Lipinski definition) is 4. The molecule has 2 amide bonds. The number of aromatic nitrogens is 2. The Morgan fingerprint density at radius 1 is 1.16 bits per heavy atom. The van der Waals surface area contributed by atoms with Gasteiger partial charge >= 0.3 is 0 Å². The maximum absolute atomic E-state index is 12.1. The number of anilines is 2. The fourth-order valence-electron chi connectivity index (χ4n) is 2.24. The predicted molar refractivity (Wildman–Crippen MR) is 101 cm³/mol. The molecule has 0 fully saturated rings. The molecule has 6 nitrogen and oxygen atoms in total. The first-order chi connectivity index (χ1) is 12.0. The zero-order chi connectivity index (χ0) is 17.8. The van der Waals surface area contributed by atoms with Crippen LogP contribution in [0.15, 0.2) is 47.6 Å². The molecule has 0 aliphatic heterocycles. The van der Waals surface area contributed by atoms with Crippen LogP contribution < -0.4 is 10.6 Å². The number of nitrogens with one attached hydrogen (secondary N) is 3. The lowest BCUT2D eigenvalue weighted by atomic mass is 10.2. The largest absolute Gasteiger partial charge is 0.333 e. The number of nitrogens with zero attached hydrogens (tertiary/aromatic N) is 1. The minimum atomic E-state index is -0.163. The number of thioether (sulfide) groups is 1. The summed E-state index contributed by atoms with van der Waals surface area (Å²) >= 11 is 7.25. The number of halogens is 1. The third-order valence-electron chi connectivity index (χ3n) is 3.23. The molecule has 0 saturated carbocycles. The average molecular weight is 375 g/mol. The van der Waals surface area contributed by atoms with Crippen LogP contribution in [-0.4, -0.2) is 27.5 Å². The van der Waals surface area contributed by atoms with Crippen molar-refractivity contribution in [1.82, 2.24) is 9.97 Å². The zero-order valence-corrected chi connectivity index (χ0v) is 14.9. The quantitative estimate of drug-likeness (QED) is 0.591. The van der Waals surface area contributed by atoms with Crippen molar-refractivity contribution in [3.05, 3.63) is 47.5 Å². The molecule has 1 heterocycles. The molecule has 0 atom stereocenters. The van der Waals surface area contributed by atoms with Gasteiger partial charge in [-0.25, -0.2) is 4.98 Å². The van der Waals surface area contributed by atoms with Crippen molar-refractivity contribution in [3.63, 3.8) is 0 Å². The summed E-state index contributed by atoms with van der Waals surface area (Å²) in [7, 11) is 0. The van der Waals surface area contributed by atoms with Crippen LogP contribution in [0.3, 0.4) is 0 Å². The van der Waals surface area contributed by atoms with E-state index in [1.165, 1.54) is 18.7 Å². The summed E-state index contributed by atoms with van der Waals surface area (Å²) in [4.78, 5) is 30.7. The number of aromatic amines is 1. The number of benzene rings is 2. The highest BCUT2D eigenvalue weighted by molar-refractivity contribution is 7.99. The Hall–Kier alpha value is -2.51. The molecule has 0 aliphatic rings. The highest BCUT2D eigenvalue weighted by Crippen LogP contribution is 2.22. The minimum Gasteiger partial charge on any atom is -0.333 e. The van der Waals surface area contributed by atoms with Gasteiger partial charge in [-0.3, -0.25) is 9.59 Å². The van der Waals surface area contributed by atoms with Gasteiger partial charge in [0.25, 0.3) is 0 Å². The minimum absolute atomic E-state index is 0.163. The first kappa shape index (κ1) is 17.3. The standard InChI is InChI=1S/C17H15ClN4O2S/c1-10(23)19-12-3-2-4-13(8-12)20-16(24)9-25-17-21-14-6-5-11(18)7-15(14)22-17/h2-8H,9H2,1H3,(H,19,23)(H,20,24)(H,21,22). The average Bonchev–Trinajstić information content (AvgIpc) is 2.94. The van der Waals surface area contributed by atoms with Gasteiger partial charge in [-0.05, 0) is 36.4 Å². The molecular formula is C17H15ClN4O2S. The number of H-pyrrole nitrogens is 1. The molecule has 3 rings (SSSR count). The summed E-state index contributed by atoms with van der Waals surface area (Å²) in [6.07, 6.45) is 0. The van der Waals surface area contributed by atoms with Gasteiger partial charge in [0.2, 0.25) is 11.8 Å². The number of fused-ring (bicyclic) bond motifs is 1. The number of hydrogen-bond donors (Lipinski definition) is 3. The second-order valence-corrected chi connectivity index (χ2v) is 6.70. The lowest BCUT2D eigenvalue weighted by Crippen LogP contribution is -2.14. The molecule has 2 aromatic carbocycles. The van der Waals surface area contributed by atoms with Crippen molar-refractivity contribution >= 4 is 57.6 Å². The first-order valence-electron chi connectivity index (χ1n) is 7.45. The number of imidazole rings is 1. The molecule has 0 aliphatic carbocycles. The summed E-state index contributed by atoms with van der Waals surface area (Å²) < 4.78 is 0. The van der Waals surface area contributed by atoms with Gasteiger partial charge in [-0.2, -0.15) is 0 Å². The highest BCUT2D eigenvalue weighted by atomic mass is 35.5. The number of carbonyl (C=O) groups is 2. The van der Waals surface area contributed by atoms with Crippen LogP contribution in [0.25, 0.3) is 11.0 Å². The molecule has 0 radical (unpaired) electrons. The van der Waals surface area contributed by atoms with Crippen LogP contribution in [0, 0.1) is 0 Å². The van der Waals surface area contributed by atoms with E-state index in [1.54, 1.807) is 36.4 Å².